The Morgan fingerprint density at radius 2 is 2.28 bits per heavy atom. The van der Waals surface area contributed by atoms with E-state index in [1.807, 2.05) is 18.2 Å². The quantitative estimate of drug-likeness (QED) is 0.758. The van der Waals surface area contributed by atoms with E-state index < -0.39 is 0 Å². The van der Waals surface area contributed by atoms with Crippen LogP contribution in [0.1, 0.15) is 18.5 Å². The molecular weight excluding hydrogens is 342 g/mol. The molecule has 1 aliphatic rings. The number of hydrogen-bond acceptors (Lipinski definition) is 4. The van der Waals surface area contributed by atoms with E-state index in [9.17, 15) is 9.59 Å². The first-order valence-corrected chi connectivity index (χ1v) is 8.63. The molecule has 3 rings (SSSR count). The number of amides is 2. The number of pyridine rings is 1. The van der Waals surface area contributed by atoms with E-state index in [-0.39, 0.29) is 24.2 Å². The number of aromatic nitrogens is 3. The maximum Gasteiger partial charge on any atom is 0.225 e. The molecule has 1 fully saturated rings. The van der Waals surface area contributed by atoms with Crippen molar-refractivity contribution in [3.63, 3.8) is 0 Å². The maximum absolute atomic E-state index is 12.3. The molecule has 1 atom stereocenters. The van der Waals surface area contributed by atoms with Gasteiger partial charge in [-0.1, -0.05) is 17.7 Å². The number of nitrogens with zero attached hydrogens (tertiary/aromatic N) is 4. The molecule has 3 heterocycles. The summed E-state index contributed by atoms with van der Waals surface area (Å²) in [5, 5.41) is 7.58. The third kappa shape index (κ3) is 4.79. The highest BCUT2D eigenvalue weighted by atomic mass is 35.5. The van der Waals surface area contributed by atoms with Crippen LogP contribution in [-0.2, 0) is 22.7 Å². The maximum atomic E-state index is 12.3. The Balaban J connectivity index is 1.41. The van der Waals surface area contributed by atoms with Gasteiger partial charge in [-0.25, -0.2) is 0 Å². The third-order valence-corrected chi connectivity index (χ3v) is 4.32. The summed E-state index contributed by atoms with van der Waals surface area (Å²) in [7, 11) is 0. The van der Waals surface area contributed by atoms with Gasteiger partial charge >= 0.3 is 0 Å². The Labute approximate surface area is 151 Å². The van der Waals surface area contributed by atoms with Gasteiger partial charge in [-0.3, -0.25) is 19.3 Å². The van der Waals surface area contributed by atoms with Crippen molar-refractivity contribution in [3.05, 3.63) is 47.5 Å². The second-order valence-corrected chi connectivity index (χ2v) is 6.50. The van der Waals surface area contributed by atoms with Gasteiger partial charge < -0.3 is 10.2 Å². The van der Waals surface area contributed by atoms with E-state index >= 15 is 0 Å². The van der Waals surface area contributed by atoms with Gasteiger partial charge in [-0.15, -0.1) is 0 Å². The van der Waals surface area contributed by atoms with Crippen LogP contribution in [0.3, 0.4) is 0 Å². The summed E-state index contributed by atoms with van der Waals surface area (Å²) < 4.78 is 1.74. The SMILES string of the molecule is O=C(NCCCn1cc(Cl)cn1)[C@H]1CC(=O)N(Cc2ccccn2)C1. The van der Waals surface area contributed by atoms with Crippen molar-refractivity contribution in [3.8, 4) is 0 Å². The molecule has 0 bridgehead atoms. The smallest absolute Gasteiger partial charge is 0.225 e. The van der Waals surface area contributed by atoms with Crippen LogP contribution in [0.15, 0.2) is 36.8 Å². The average Bonchev–Trinajstić information content (AvgIpc) is 3.18. The minimum absolute atomic E-state index is 0.00279. The normalized spacial score (nSPS) is 17.1. The highest BCUT2D eigenvalue weighted by Crippen LogP contribution is 2.19. The van der Waals surface area contributed by atoms with Crippen LogP contribution in [0.5, 0.6) is 0 Å². The molecule has 1 saturated heterocycles. The average molecular weight is 362 g/mol. The molecule has 2 amide bonds. The largest absolute Gasteiger partial charge is 0.356 e. The van der Waals surface area contributed by atoms with Crippen molar-refractivity contribution in [2.24, 2.45) is 5.92 Å². The van der Waals surface area contributed by atoms with Gasteiger partial charge in [0.1, 0.15) is 0 Å². The van der Waals surface area contributed by atoms with E-state index in [0.717, 1.165) is 12.1 Å². The van der Waals surface area contributed by atoms with Crippen molar-refractivity contribution >= 4 is 23.4 Å². The predicted molar refractivity (Wildman–Crippen MR) is 92.6 cm³/mol. The van der Waals surface area contributed by atoms with Crippen LogP contribution in [-0.4, -0.2) is 44.6 Å². The van der Waals surface area contributed by atoms with E-state index in [4.69, 9.17) is 11.6 Å². The molecule has 1 aliphatic heterocycles. The van der Waals surface area contributed by atoms with E-state index in [1.54, 1.807) is 28.2 Å². The monoisotopic (exact) mass is 361 g/mol. The fourth-order valence-electron chi connectivity index (χ4n) is 2.85. The van der Waals surface area contributed by atoms with Crippen LogP contribution in [0, 0.1) is 5.92 Å². The zero-order valence-electron chi connectivity index (χ0n) is 13.8. The number of nitrogens with one attached hydrogen (secondary N) is 1. The van der Waals surface area contributed by atoms with E-state index in [1.165, 1.54) is 0 Å². The zero-order valence-corrected chi connectivity index (χ0v) is 14.5. The third-order valence-electron chi connectivity index (χ3n) is 4.13. The molecule has 1 N–H and O–H groups in total. The fraction of sp³-hybridized carbons (Fsp3) is 0.412. The van der Waals surface area contributed by atoms with Gasteiger partial charge in [0.05, 0.1) is 29.4 Å². The van der Waals surface area contributed by atoms with E-state index in [0.29, 0.717) is 31.2 Å². The molecule has 2 aromatic rings. The summed E-state index contributed by atoms with van der Waals surface area (Å²) in [6.07, 6.45) is 6.04. The van der Waals surface area contributed by atoms with Gasteiger partial charge in [0.2, 0.25) is 11.8 Å². The molecule has 8 heteroatoms. The van der Waals surface area contributed by atoms with Crippen molar-refractivity contribution in [1.29, 1.82) is 0 Å². The Morgan fingerprint density at radius 3 is 3.00 bits per heavy atom. The summed E-state index contributed by atoms with van der Waals surface area (Å²) in [6, 6.07) is 5.60. The predicted octanol–water partition coefficient (Wildman–Crippen LogP) is 1.49. The minimum Gasteiger partial charge on any atom is -0.356 e. The molecule has 0 aromatic carbocycles. The summed E-state index contributed by atoms with van der Waals surface area (Å²) >= 11 is 5.80. The van der Waals surface area contributed by atoms with Gasteiger partial charge in [0.25, 0.3) is 0 Å². The second-order valence-electron chi connectivity index (χ2n) is 6.06. The molecule has 0 radical (unpaired) electrons. The number of likely N-dealkylation sites (tertiary alicyclic amines) is 1. The highest BCUT2D eigenvalue weighted by Gasteiger charge is 2.34. The van der Waals surface area contributed by atoms with Gasteiger partial charge in [-0.2, -0.15) is 5.10 Å². The van der Waals surface area contributed by atoms with Crippen LogP contribution in [0.2, 0.25) is 5.02 Å². The van der Waals surface area contributed by atoms with Crippen molar-refractivity contribution in [2.75, 3.05) is 13.1 Å². The lowest BCUT2D eigenvalue weighted by molar-refractivity contribution is -0.129. The lowest BCUT2D eigenvalue weighted by Gasteiger charge is -2.16. The summed E-state index contributed by atoms with van der Waals surface area (Å²) in [6.45, 7) is 2.11. The Bertz CT molecular complexity index is 734. The Hall–Kier alpha value is -2.41. The minimum atomic E-state index is -0.296. The number of carbonyl (C=O) groups is 2. The molecular formula is C17H20ClN5O2. The molecule has 0 spiro atoms. The van der Waals surface area contributed by atoms with Crippen molar-refractivity contribution in [2.45, 2.75) is 25.9 Å². The van der Waals surface area contributed by atoms with Crippen molar-refractivity contribution in [1.82, 2.24) is 25.0 Å². The van der Waals surface area contributed by atoms with Crippen LogP contribution in [0.4, 0.5) is 0 Å². The van der Waals surface area contributed by atoms with Gasteiger partial charge in [0.15, 0.2) is 0 Å². The molecule has 7 nitrogen and oxygen atoms in total. The lowest BCUT2D eigenvalue weighted by Crippen LogP contribution is -2.33. The summed E-state index contributed by atoms with van der Waals surface area (Å²) in [4.78, 5) is 30.3. The number of hydrogen-bond donors (Lipinski definition) is 1. The lowest BCUT2D eigenvalue weighted by atomic mass is 10.1. The summed E-state index contributed by atoms with van der Waals surface area (Å²) in [5.74, 6) is -0.372. The standard InChI is InChI=1S/C17H20ClN5O2/c18-14-9-21-23(11-14)7-3-6-20-17(25)13-8-16(24)22(10-13)12-15-4-1-2-5-19-15/h1-2,4-5,9,11,13H,3,6-8,10,12H2,(H,20,25)/t13-/m0/s1. The number of carbonyl (C=O) groups excluding carboxylic acids is 2. The molecule has 0 unspecified atom stereocenters. The first kappa shape index (κ1) is 17.4. The van der Waals surface area contributed by atoms with Crippen LogP contribution >= 0.6 is 11.6 Å². The Morgan fingerprint density at radius 1 is 1.40 bits per heavy atom. The molecule has 25 heavy (non-hydrogen) atoms. The highest BCUT2D eigenvalue weighted by molar-refractivity contribution is 6.30. The van der Waals surface area contributed by atoms with Crippen molar-refractivity contribution < 1.29 is 9.59 Å². The molecule has 0 aliphatic carbocycles. The van der Waals surface area contributed by atoms with E-state index in [2.05, 4.69) is 15.4 Å². The summed E-state index contributed by atoms with van der Waals surface area (Å²) in [5.41, 5.74) is 0.829. The second kappa shape index (κ2) is 8.11. The first-order chi connectivity index (χ1) is 12.1. The molecule has 132 valence electrons. The molecule has 0 saturated carbocycles. The fourth-order valence-corrected chi connectivity index (χ4v) is 3.00. The number of halogens is 1. The topological polar surface area (TPSA) is 80.1 Å². The Kier molecular flexibility index (Phi) is 5.65. The van der Waals surface area contributed by atoms with Crippen LogP contribution in [0.25, 0.3) is 0 Å². The number of aryl methyl sites for hydroxylation is 1. The van der Waals surface area contributed by atoms with Gasteiger partial charge in [0, 0.05) is 38.4 Å². The van der Waals surface area contributed by atoms with Crippen LogP contribution < -0.4 is 5.32 Å². The zero-order chi connectivity index (χ0) is 17.6. The first-order valence-electron chi connectivity index (χ1n) is 8.25. The van der Waals surface area contributed by atoms with Gasteiger partial charge in [-0.05, 0) is 18.6 Å². The molecule has 2 aromatic heterocycles. The number of rotatable bonds is 7.